The molecule has 1 aromatic rings. The second-order valence-electron chi connectivity index (χ2n) is 5.44. The molecule has 0 bridgehead atoms. The maximum absolute atomic E-state index is 12.9. The molecule has 2 heterocycles. The molecule has 0 radical (unpaired) electrons. The van der Waals surface area contributed by atoms with Crippen molar-refractivity contribution in [2.75, 3.05) is 6.54 Å². The molecule has 2 rings (SSSR count). The van der Waals surface area contributed by atoms with Gasteiger partial charge in [0.05, 0.1) is 0 Å². The van der Waals surface area contributed by atoms with Gasteiger partial charge in [-0.25, -0.2) is 13.2 Å². The summed E-state index contributed by atoms with van der Waals surface area (Å²) in [7, 11) is -3.73. The van der Waals surface area contributed by atoms with Crippen LogP contribution >= 0.6 is 11.3 Å². The van der Waals surface area contributed by atoms with E-state index in [2.05, 4.69) is 0 Å². The zero-order valence-corrected chi connectivity index (χ0v) is 14.0. The zero-order valence-electron chi connectivity index (χ0n) is 12.3. The number of hydrogen-bond donors (Lipinski definition) is 1. The Hall–Kier alpha value is -0.920. The van der Waals surface area contributed by atoms with Crippen LogP contribution in [-0.2, 0) is 10.0 Å². The van der Waals surface area contributed by atoms with Crippen molar-refractivity contribution in [1.29, 1.82) is 0 Å². The third kappa shape index (κ3) is 3.14. The average molecular weight is 331 g/mol. The van der Waals surface area contributed by atoms with Gasteiger partial charge in [-0.2, -0.15) is 4.31 Å². The van der Waals surface area contributed by atoms with Crippen LogP contribution in [0.15, 0.2) is 10.3 Å². The summed E-state index contributed by atoms with van der Waals surface area (Å²) in [6, 6.07) is -0.00491. The van der Waals surface area contributed by atoms with E-state index in [0.29, 0.717) is 12.1 Å². The highest BCUT2D eigenvalue weighted by atomic mass is 32.2. The molecule has 5 nitrogen and oxygen atoms in total. The number of hydrogen-bond acceptors (Lipinski definition) is 4. The molecule has 118 valence electrons. The fraction of sp³-hybridized carbons (Fsp3) is 0.643. The van der Waals surface area contributed by atoms with E-state index in [9.17, 15) is 18.3 Å². The molecule has 1 saturated heterocycles. The third-order valence-corrected chi connectivity index (χ3v) is 7.23. The Morgan fingerprint density at radius 1 is 1.48 bits per heavy atom. The number of aryl methyl sites for hydroxylation is 1. The van der Waals surface area contributed by atoms with Crippen molar-refractivity contribution < 1.29 is 18.3 Å². The molecular formula is C14H21NO4S2. The number of carboxylic acid groups (broad SMARTS) is 1. The number of nitrogens with zero attached hydrogens (tertiary/aromatic N) is 1. The van der Waals surface area contributed by atoms with Crippen LogP contribution in [-0.4, -0.2) is 36.4 Å². The summed E-state index contributed by atoms with van der Waals surface area (Å²) in [6.07, 6.45) is 4.48. The van der Waals surface area contributed by atoms with E-state index in [1.54, 1.807) is 12.3 Å². The fourth-order valence-corrected chi connectivity index (χ4v) is 6.24. The van der Waals surface area contributed by atoms with Gasteiger partial charge >= 0.3 is 5.97 Å². The number of piperidine rings is 1. The van der Waals surface area contributed by atoms with Crippen molar-refractivity contribution in [2.45, 2.75) is 56.9 Å². The molecule has 1 unspecified atom stereocenters. The van der Waals surface area contributed by atoms with Crippen LogP contribution in [0.5, 0.6) is 0 Å². The molecule has 21 heavy (non-hydrogen) atoms. The summed E-state index contributed by atoms with van der Waals surface area (Å²) in [5.41, 5.74) is 0.526. The molecule has 0 saturated carbocycles. The van der Waals surface area contributed by atoms with Crippen molar-refractivity contribution in [3.8, 4) is 0 Å². The van der Waals surface area contributed by atoms with Crippen LogP contribution in [0.1, 0.15) is 54.3 Å². The quantitative estimate of drug-likeness (QED) is 0.899. The first-order valence-electron chi connectivity index (χ1n) is 7.22. The maximum Gasteiger partial charge on any atom is 0.347 e. The van der Waals surface area contributed by atoms with E-state index in [4.69, 9.17) is 0 Å². The number of sulfonamides is 1. The lowest BCUT2D eigenvalue weighted by atomic mass is 10.0. The summed E-state index contributed by atoms with van der Waals surface area (Å²) >= 11 is 0.984. The van der Waals surface area contributed by atoms with Gasteiger partial charge < -0.3 is 5.11 Å². The Bertz CT molecular complexity index is 619. The highest BCUT2D eigenvalue weighted by Crippen LogP contribution is 2.33. The first-order chi connectivity index (χ1) is 9.89. The summed E-state index contributed by atoms with van der Waals surface area (Å²) < 4.78 is 27.4. The van der Waals surface area contributed by atoms with Crippen LogP contribution < -0.4 is 0 Å². The predicted molar refractivity (Wildman–Crippen MR) is 82.5 cm³/mol. The first kappa shape index (κ1) is 16.5. The van der Waals surface area contributed by atoms with Gasteiger partial charge in [0, 0.05) is 12.6 Å². The minimum atomic E-state index is -3.73. The number of aromatic carboxylic acids is 1. The Morgan fingerprint density at radius 3 is 2.81 bits per heavy atom. The highest BCUT2D eigenvalue weighted by Gasteiger charge is 2.37. The molecular weight excluding hydrogens is 310 g/mol. The fourth-order valence-electron chi connectivity index (χ4n) is 2.93. The minimum Gasteiger partial charge on any atom is -0.477 e. The topological polar surface area (TPSA) is 74.7 Å². The van der Waals surface area contributed by atoms with Crippen LogP contribution in [0.25, 0.3) is 0 Å². The molecule has 0 spiro atoms. The van der Waals surface area contributed by atoms with Crippen LogP contribution in [0.4, 0.5) is 0 Å². The number of rotatable bonds is 5. The predicted octanol–water partition coefficient (Wildman–Crippen LogP) is 3.10. The van der Waals surface area contributed by atoms with Crippen molar-refractivity contribution in [3.05, 3.63) is 15.8 Å². The standard InChI is InChI=1S/C14H21NO4S2/c1-3-6-11-7-4-5-8-15(11)21(18,19)13-10(2)9-20-12(13)14(16)17/h9,11H,3-8H2,1-2H3,(H,16,17). The molecule has 7 heteroatoms. The number of thiophene rings is 1. The molecule has 1 atom stereocenters. The third-order valence-electron chi connectivity index (χ3n) is 3.87. The summed E-state index contributed by atoms with van der Waals surface area (Å²) in [5.74, 6) is -1.17. The highest BCUT2D eigenvalue weighted by molar-refractivity contribution is 7.89. The molecule has 1 fully saturated rings. The van der Waals surface area contributed by atoms with E-state index in [-0.39, 0.29) is 15.8 Å². The van der Waals surface area contributed by atoms with Gasteiger partial charge in [-0.3, -0.25) is 0 Å². The van der Waals surface area contributed by atoms with E-state index in [1.807, 2.05) is 6.92 Å². The molecule has 1 aromatic heterocycles. The van der Waals surface area contributed by atoms with Gasteiger partial charge in [0.15, 0.2) is 0 Å². The van der Waals surface area contributed by atoms with Crippen LogP contribution in [0.2, 0.25) is 0 Å². The average Bonchev–Trinajstić information content (AvgIpc) is 2.82. The SMILES string of the molecule is CCCC1CCCCN1S(=O)(=O)c1c(C)csc1C(=O)O. The van der Waals surface area contributed by atoms with Crippen molar-refractivity contribution in [3.63, 3.8) is 0 Å². The second kappa shape index (κ2) is 6.46. The van der Waals surface area contributed by atoms with E-state index in [1.165, 1.54) is 4.31 Å². The maximum atomic E-state index is 12.9. The normalized spacial score (nSPS) is 20.6. The molecule has 0 aliphatic carbocycles. The Labute approximate surface area is 129 Å². The largest absolute Gasteiger partial charge is 0.477 e. The second-order valence-corrected chi connectivity index (χ2v) is 8.14. The molecule has 1 aliphatic rings. The van der Waals surface area contributed by atoms with Crippen molar-refractivity contribution in [2.24, 2.45) is 0 Å². The number of carbonyl (C=O) groups is 1. The lowest BCUT2D eigenvalue weighted by molar-refractivity contribution is 0.0698. The Balaban J connectivity index is 2.45. The van der Waals surface area contributed by atoms with Crippen molar-refractivity contribution in [1.82, 2.24) is 4.31 Å². The lowest BCUT2D eigenvalue weighted by Crippen LogP contribution is -2.44. The van der Waals surface area contributed by atoms with Gasteiger partial charge in [-0.05, 0) is 37.1 Å². The summed E-state index contributed by atoms with van der Waals surface area (Å²) in [5, 5.41) is 10.8. The first-order valence-corrected chi connectivity index (χ1v) is 9.54. The van der Waals surface area contributed by atoms with E-state index >= 15 is 0 Å². The Morgan fingerprint density at radius 2 is 2.19 bits per heavy atom. The summed E-state index contributed by atoms with van der Waals surface area (Å²) in [6.45, 7) is 4.19. The van der Waals surface area contributed by atoms with Gasteiger partial charge in [0.1, 0.15) is 9.77 Å². The van der Waals surface area contributed by atoms with Crippen molar-refractivity contribution >= 4 is 27.3 Å². The molecule has 0 aromatic carbocycles. The van der Waals surface area contributed by atoms with E-state index < -0.39 is 16.0 Å². The van der Waals surface area contributed by atoms with E-state index in [0.717, 1.165) is 43.4 Å². The molecule has 0 amide bonds. The smallest absolute Gasteiger partial charge is 0.347 e. The number of carboxylic acids is 1. The van der Waals surface area contributed by atoms with Crippen LogP contribution in [0, 0.1) is 6.92 Å². The van der Waals surface area contributed by atoms with Gasteiger partial charge in [-0.1, -0.05) is 19.8 Å². The monoisotopic (exact) mass is 331 g/mol. The van der Waals surface area contributed by atoms with Gasteiger partial charge in [0.2, 0.25) is 10.0 Å². The lowest BCUT2D eigenvalue weighted by Gasteiger charge is -2.34. The Kier molecular flexibility index (Phi) is 5.06. The minimum absolute atomic E-state index is 0.00491. The van der Waals surface area contributed by atoms with Crippen LogP contribution in [0.3, 0.4) is 0 Å². The van der Waals surface area contributed by atoms with Gasteiger partial charge in [-0.15, -0.1) is 11.3 Å². The zero-order chi connectivity index (χ0) is 15.6. The molecule has 1 aliphatic heterocycles. The summed E-state index contributed by atoms with van der Waals surface area (Å²) in [4.78, 5) is 11.2. The molecule has 1 N–H and O–H groups in total. The van der Waals surface area contributed by atoms with Gasteiger partial charge in [0.25, 0.3) is 0 Å².